The number of nitrogens with zero attached hydrogens (tertiary/aromatic N) is 3. The highest BCUT2D eigenvalue weighted by atomic mass is 127. The van der Waals surface area contributed by atoms with Crippen molar-refractivity contribution in [2.45, 2.75) is 30.5 Å². The molecule has 1 atom stereocenters. The van der Waals surface area contributed by atoms with E-state index < -0.39 is 0 Å². The first kappa shape index (κ1) is 24.7. The largest absolute Gasteiger partial charge is 0.378 e. The Morgan fingerprint density at radius 1 is 1.17 bits per heavy atom. The molecule has 0 aliphatic carbocycles. The first-order valence-electron chi connectivity index (χ1n) is 10.3. The van der Waals surface area contributed by atoms with Gasteiger partial charge in [0, 0.05) is 48.1 Å². The van der Waals surface area contributed by atoms with Gasteiger partial charge in [0.05, 0.1) is 19.8 Å². The quantitative estimate of drug-likeness (QED) is 0.230. The summed E-state index contributed by atoms with van der Waals surface area (Å²) in [4.78, 5) is 13.0. The lowest BCUT2D eigenvalue weighted by atomic mass is 10.2. The molecule has 2 N–H and O–H groups in total. The molecule has 1 fully saturated rings. The van der Waals surface area contributed by atoms with Crippen LogP contribution in [0.25, 0.3) is 0 Å². The SMILES string of the molecule is CCNC(=NCc1cccnc1N1CCOCC1)NCC(C)Sc1ccccc1.I. The van der Waals surface area contributed by atoms with Gasteiger partial charge in [0.1, 0.15) is 5.82 Å². The Bertz CT molecular complexity index is 771. The van der Waals surface area contributed by atoms with Crippen molar-refractivity contribution < 1.29 is 4.74 Å². The van der Waals surface area contributed by atoms with E-state index >= 15 is 0 Å². The fourth-order valence-corrected chi connectivity index (χ4v) is 4.08. The first-order chi connectivity index (χ1) is 14.3. The third-order valence-corrected chi connectivity index (χ3v) is 5.68. The molecule has 1 saturated heterocycles. The number of ether oxygens (including phenoxy) is 1. The summed E-state index contributed by atoms with van der Waals surface area (Å²) >= 11 is 1.87. The van der Waals surface area contributed by atoms with E-state index in [0.717, 1.165) is 56.7 Å². The van der Waals surface area contributed by atoms with Crippen LogP contribution in [-0.4, -0.2) is 55.6 Å². The second kappa shape index (κ2) is 13.7. The van der Waals surface area contributed by atoms with Gasteiger partial charge in [0.2, 0.25) is 0 Å². The van der Waals surface area contributed by atoms with E-state index in [0.29, 0.717) is 11.8 Å². The van der Waals surface area contributed by atoms with E-state index in [-0.39, 0.29) is 24.0 Å². The highest BCUT2D eigenvalue weighted by molar-refractivity contribution is 14.0. The van der Waals surface area contributed by atoms with Crippen molar-refractivity contribution in [2.24, 2.45) is 4.99 Å². The van der Waals surface area contributed by atoms with Gasteiger partial charge in [-0.05, 0) is 25.1 Å². The lowest BCUT2D eigenvalue weighted by molar-refractivity contribution is 0.122. The molecule has 0 bridgehead atoms. The van der Waals surface area contributed by atoms with Gasteiger partial charge in [0.25, 0.3) is 0 Å². The number of hydrogen-bond acceptors (Lipinski definition) is 5. The molecule has 0 saturated carbocycles. The average Bonchev–Trinajstić information content (AvgIpc) is 2.77. The molecule has 0 amide bonds. The Kier molecular flexibility index (Phi) is 11.3. The summed E-state index contributed by atoms with van der Waals surface area (Å²) < 4.78 is 5.47. The van der Waals surface area contributed by atoms with Crippen molar-refractivity contribution in [1.29, 1.82) is 0 Å². The number of hydrogen-bond donors (Lipinski definition) is 2. The summed E-state index contributed by atoms with van der Waals surface area (Å²) in [5.41, 5.74) is 1.14. The van der Waals surface area contributed by atoms with Gasteiger partial charge >= 0.3 is 0 Å². The highest BCUT2D eigenvalue weighted by Gasteiger charge is 2.15. The molecular weight excluding hydrogens is 509 g/mol. The number of aromatic nitrogens is 1. The normalized spacial score (nSPS) is 15.3. The van der Waals surface area contributed by atoms with Gasteiger partial charge in [0.15, 0.2) is 5.96 Å². The van der Waals surface area contributed by atoms with Gasteiger partial charge in [-0.1, -0.05) is 31.2 Å². The number of rotatable bonds is 8. The zero-order valence-corrected chi connectivity index (χ0v) is 20.9. The van der Waals surface area contributed by atoms with E-state index in [2.05, 4.69) is 64.7 Å². The fraction of sp³-hybridized carbons (Fsp3) is 0.455. The smallest absolute Gasteiger partial charge is 0.191 e. The minimum Gasteiger partial charge on any atom is -0.378 e. The van der Waals surface area contributed by atoms with Crippen LogP contribution >= 0.6 is 35.7 Å². The number of morpholine rings is 1. The van der Waals surface area contributed by atoms with Crippen molar-refractivity contribution >= 4 is 47.5 Å². The van der Waals surface area contributed by atoms with Crippen LogP contribution in [0.3, 0.4) is 0 Å². The minimum atomic E-state index is 0. The van der Waals surface area contributed by atoms with Crippen molar-refractivity contribution in [1.82, 2.24) is 15.6 Å². The van der Waals surface area contributed by atoms with Crippen LogP contribution in [0.2, 0.25) is 0 Å². The average molecular weight is 542 g/mol. The monoisotopic (exact) mass is 541 g/mol. The predicted molar refractivity (Wildman–Crippen MR) is 137 cm³/mol. The van der Waals surface area contributed by atoms with E-state index in [1.54, 1.807) is 0 Å². The van der Waals surface area contributed by atoms with Crippen LogP contribution in [0, 0.1) is 0 Å². The topological polar surface area (TPSA) is 61.8 Å². The molecule has 3 rings (SSSR count). The van der Waals surface area contributed by atoms with Crippen LogP contribution in [0.5, 0.6) is 0 Å². The Morgan fingerprint density at radius 2 is 1.93 bits per heavy atom. The number of nitrogens with one attached hydrogen (secondary N) is 2. The van der Waals surface area contributed by atoms with Gasteiger partial charge in [-0.2, -0.15) is 0 Å². The lowest BCUT2D eigenvalue weighted by Gasteiger charge is -2.29. The Hall–Kier alpha value is -1.52. The number of guanidine groups is 1. The summed E-state index contributed by atoms with van der Waals surface area (Å²) in [5, 5.41) is 7.25. The van der Waals surface area contributed by atoms with Gasteiger partial charge in [-0.3, -0.25) is 0 Å². The Balaban J connectivity index is 0.00000320. The van der Waals surface area contributed by atoms with E-state index in [1.807, 2.05) is 30.1 Å². The summed E-state index contributed by atoms with van der Waals surface area (Å²) in [5.74, 6) is 1.85. The summed E-state index contributed by atoms with van der Waals surface area (Å²) in [6, 6.07) is 14.6. The summed E-state index contributed by atoms with van der Waals surface area (Å²) in [6.45, 7) is 9.83. The fourth-order valence-electron chi connectivity index (χ4n) is 3.13. The van der Waals surface area contributed by atoms with Crippen LogP contribution in [0.15, 0.2) is 58.5 Å². The van der Waals surface area contributed by atoms with Gasteiger partial charge in [-0.25, -0.2) is 9.98 Å². The number of halogens is 1. The Morgan fingerprint density at radius 3 is 2.67 bits per heavy atom. The maximum Gasteiger partial charge on any atom is 0.191 e. The van der Waals surface area contributed by atoms with Crippen LogP contribution in [-0.2, 0) is 11.3 Å². The molecule has 0 spiro atoms. The van der Waals surface area contributed by atoms with E-state index in [9.17, 15) is 0 Å². The molecule has 8 heteroatoms. The number of benzene rings is 1. The standard InChI is InChI=1S/C22H31N5OS.HI/c1-3-23-22(25-16-18(2)29-20-9-5-4-6-10-20)26-17-19-8-7-11-24-21(19)27-12-14-28-15-13-27;/h4-11,18H,3,12-17H2,1-2H3,(H2,23,25,26);1H. The molecule has 2 heterocycles. The molecule has 0 radical (unpaired) electrons. The molecule has 2 aromatic rings. The van der Waals surface area contributed by atoms with Crippen molar-refractivity contribution in [2.75, 3.05) is 44.3 Å². The second-order valence-corrected chi connectivity index (χ2v) is 8.41. The molecule has 1 aromatic carbocycles. The van der Waals surface area contributed by atoms with Crippen molar-refractivity contribution in [3.8, 4) is 0 Å². The number of aliphatic imine (C=N–C) groups is 1. The Labute approximate surface area is 201 Å². The maximum absolute atomic E-state index is 5.47. The molecule has 1 aliphatic rings. The van der Waals surface area contributed by atoms with Gasteiger partial charge < -0.3 is 20.3 Å². The van der Waals surface area contributed by atoms with E-state index in [1.165, 1.54) is 4.90 Å². The first-order valence-corrected chi connectivity index (χ1v) is 11.1. The number of thioether (sulfide) groups is 1. The van der Waals surface area contributed by atoms with Crippen LogP contribution < -0.4 is 15.5 Å². The highest BCUT2D eigenvalue weighted by Crippen LogP contribution is 2.22. The zero-order chi connectivity index (χ0) is 20.3. The minimum absolute atomic E-state index is 0. The summed E-state index contributed by atoms with van der Waals surface area (Å²) in [7, 11) is 0. The number of pyridine rings is 1. The van der Waals surface area contributed by atoms with Gasteiger partial charge in [-0.15, -0.1) is 35.7 Å². The molecule has 164 valence electrons. The maximum atomic E-state index is 5.47. The number of anilines is 1. The van der Waals surface area contributed by atoms with Crippen molar-refractivity contribution in [3.63, 3.8) is 0 Å². The summed E-state index contributed by atoms with van der Waals surface area (Å²) in [6.07, 6.45) is 1.85. The van der Waals surface area contributed by atoms with E-state index in [4.69, 9.17) is 9.73 Å². The lowest BCUT2D eigenvalue weighted by Crippen LogP contribution is -2.40. The predicted octanol–water partition coefficient (Wildman–Crippen LogP) is 3.77. The zero-order valence-electron chi connectivity index (χ0n) is 17.7. The van der Waals surface area contributed by atoms with Crippen molar-refractivity contribution in [3.05, 3.63) is 54.2 Å². The van der Waals surface area contributed by atoms with Crippen LogP contribution in [0.1, 0.15) is 19.4 Å². The molecule has 6 nitrogen and oxygen atoms in total. The molecule has 1 aromatic heterocycles. The molecule has 1 unspecified atom stereocenters. The molecule has 1 aliphatic heterocycles. The second-order valence-electron chi connectivity index (χ2n) is 6.90. The third kappa shape index (κ3) is 7.96. The van der Waals surface area contributed by atoms with Crippen LogP contribution in [0.4, 0.5) is 5.82 Å². The third-order valence-electron chi connectivity index (χ3n) is 4.57. The molecular formula is C22H32IN5OS. The molecule has 30 heavy (non-hydrogen) atoms.